The number of piperidine rings is 1. The van der Waals surface area contributed by atoms with Gasteiger partial charge in [0.2, 0.25) is 5.91 Å². The van der Waals surface area contributed by atoms with Gasteiger partial charge in [0.1, 0.15) is 0 Å². The van der Waals surface area contributed by atoms with Crippen LogP contribution in [0.15, 0.2) is 24.3 Å². The van der Waals surface area contributed by atoms with E-state index in [4.69, 9.17) is 0 Å². The maximum absolute atomic E-state index is 12.0. The number of halogens is 1. The molecule has 1 heterocycles. The highest BCUT2D eigenvalue weighted by Crippen LogP contribution is 2.13. The Kier molecular flexibility index (Phi) is 4.39. The largest absolute Gasteiger partial charge is 0.393 e. The van der Waals surface area contributed by atoms with E-state index in [0.717, 1.165) is 9.13 Å². The van der Waals surface area contributed by atoms with Gasteiger partial charge in [-0.15, -0.1) is 0 Å². The second-order valence-corrected chi connectivity index (χ2v) is 5.66. The molecule has 17 heavy (non-hydrogen) atoms. The quantitative estimate of drug-likeness (QED) is 0.831. The van der Waals surface area contributed by atoms with Crippen LogP contribution in [0, 0.1) is 3.57 Å². The molecule has 0 unspecified atom stereocenters. The van der Waals surface area contributed by atoms with Crippen LogP contribution >= 0.6 is 22.6 Å². The zero-order valence-corrected chi connectivity index (χ0v) is 11.8. The molecular formula is C13H16INO2. The lowest BCUT2D eigenvalue weighted by Crippen LogP contribution is -2.40. The van der Waals surface area contributed by atoms with Crippen LogP contribution in [0.2, 0.25) is 0 Å². The van der Waals surface area contributed by atoms with Crippen molar-refractivity contribution >= 4 is 28.5 Å². The molecule has 0 aliphatic carbocycles. The number of hydrogen-bond donors (Lipinski definition) is 1. The van der Waals surface area contributed by atoms with Crippen molar-refractivity contribution in [1.82, 2.24) is 4.90 Å². The third kappa shape index (κ3) is 3.67. The first-order chi connectivity index (χ1) is 8.15. The highest BCUT2D eigenvalue weighted by atomic mass is 127. The van der Waals surface area contributed by atoms with E-state index in [-0.39, 0.29) is 12.0 Å². The second kappa shape index (κ2) is 5.82. The summed E-state index contributed by atoms with van der Waals surface area (Å²) in [5.41, 5.74) is 1.06. The van der Waals surface area contributed by atoms with Gasteiger partial charge in [0.05, 0.1) is 12.5 Å². The Hall–Kier alpha value is -0.620. The lowest BCUT2D eigenvalue weighted by molar-refractivity contribution is -0.132. The molecule has 1 aliphatic rings. The Morgan fingerprint density at radius 1 is 1.41 bits per heavy atom. The van der Waals surface area contributed by atoms with Crippen LogP contribution in [0.1, 0.15) is 18.4 Å². The summed E-state index contributed by atoms with van der Waals surface area (Å²) in [4.78, 5) is 13.9. The number of carbonyl (C=O) groups excluding carboxylic acids is 1. The molecular weight excluding hydrogens is 329 g/mol. The van der Waals surface area contributed by atoms with Crippen molar-refractivity contribution in [3.05, 3.63) is 33.4 Å². The molecule has 3 nitrogen and oxygen atoms in total. The number of aliphatic hydroxyl groups is 1. The van der Waals surface area contributed by atoms with Crippen molar-refractivity contribution in [3.63, 3.8) is 0 Å². The number of rotatable bonds is 2. The van der Waals surface area contributed by atoms with E-state index in [1.54, 1.807) is 0 Å². The van der Waals surface area contributed by atoms with E-state index in [9.17, 15) is 9.90 Å². The Labute approximate surface area is 115 Å². The zero-order chi connectivity index (χ0) is 12.3. The van der Waals surface area contributed by atoms with Crippen LogP contribution in [0.4, 0.5) is 0 Å². The van der Waals surface area contributed by atoms with E-state index < -0.39 is 0 Å². The van der Waals surface area contributed by atoms with E-state index in [1.807, 2.05) is 29.2 Å². The number of nitrogens with zero attached hydrogens (tertiary/aromatic N) is 1. The minimum Gasteiger partial charge on any atom is -0.393 e. The third-order valence-corrected chi connectivity index (χ3v) is 3.73. The summed E-state index contributed by atoms with van der Waals surface area (Å²) in [5.74, 6) is 0.166. The van der Waals surface area contributed by atoms with Crippen LogP contribution in [0.25, 0.3) is 0 Å². The number of carbonyl (C=O) groups is 1. The molecule has 0 saturated carbocycles. The van der Waals surface area contributed by atoms with Crippen molar-refractivity contribution in [3.8, 4) is 0 Å². The lowest BCUT2D eigenvalue weighted by atomic mass is 10.1. The average Bonchev–Trinajstić information content (AvgIpc) is 2.29. The Bertz CT molecular complexity index is 400. The first-order valence-electron chi connectivity index (χ1n) is 5.85. The molecule has 0 radical (unpaired) electrons. The van der Waals surface area contributed by atoms with Gasteiger partial charge in [-0.05, 0) is 53.1 Å². The molecule has 1 aromatic rings. The number of hydrogen-bond acceptors (Lipinski definition) is 2. The highest BCUT2D eigenvalue weighted by molar-refractivity contribution is 14.1. The summed E-state index contributed by atoms with van der Waals surface area (Å²) in [7, 11) is 0. The van der Waals surface area contributed by atoms with E-state index in [1.165, 1.54) is 0 Å². The first kappa shape index (κ1) is 12.8. The van der Waals surface area contributed by atoms with Gasteiger partial charge in [-0.2, -0.15) is 0 Å². The smallest absolute Gasteiger partial charge is 0.226 e. The Morgan fingerprint density at radius 3 is 2.76 bits per heavy atom. The predicted molar refractivity (Wildman–Crippen MR) is 74.7 cm³/mol. The molecule has 1 fully saturated rings. The lowest BCUT2D eigenvalue weighted by Gasteiger charge is -2.29. The molecule has 0 spiro atoms. The molecule has 0 bridgehead atoms. The van der Waals surface area contributed by atoms with Gasteiger partial charge >= 0.3 is 0 Å². The summed E-state index contributed by atoms with van der Waals surface area (Å²) in [6.45, 7) is 1.37. The molecule has 2 rings (SSSR count). The first-order valence-corrected chi connectivity index (χ1v) is 6.93. The van der Waals surface area contributed by atoms with Crippen molar-refractivity contribution in [1.29, 1.82) is 0 Å². The highest BCUT2D eigenvalue weighted by Gasteiger charge is 2.21. The fourth-order valence-corrected chi connectivity index (χ4v) is 2.66. The predicted octanol–water partition coefficient (Wildman–Crippen LogP) is 1.82. The van der Waals surface area contributed by atoms with E-state index >= 15 is 0 Å². The number of aliphatic hydroxyl groups excluding tert-OH is 1. The average molecular weight is 345 g/mol. The Balaban J connectivity index is 1.93. The minimum absolute atomic E-state index is 0.166. The molecule has 1 aromatic carbocycles. The van der Waals surface area contributed by atoms with Gasteiger partial charge in [0.15, 0.2) is 0 Å². The maximum atomic E-state index is 12.0. The molecule has 1 amide bonds. The van der Waals surface area contributed by atoms with Gasteiger partial charge in [0, 0.05) is 16.7 Å². The van der Waals surface area contributed by atoms with Gasteiger partial charge in [-0.3, -0.25) is 4.79 Å². The maximum Gasteiger partial charge on any atom is 0.226 e. The molecule has 0 atom stereocenters. The summed E-state index contributed by atoms with van der Waals surface area (Å²) in [6, 6.07) is 8.02. The van der Waals surface area contributed by atoms with E-state index in [2.05, 4.69) is 22.6 Å². The minimum atomic E-state index is -0.225. The SMILES string of the molecule is O=C(Cc1cccc(I)c1)N1CCC(O)CC1. The summed E-state index contributed by atoms with van der Waals surface area (Å²) < 4.78 is 1.15. The monoisotopic (exact) mass is 345 g/mol. The van der Waals surface area contributed by atoms with Crippen LogP contribution in [0.3, 0.4) is 0 Å². The second-order valence-electron chi connectivity index (χ2n) is 4.42. The topological polar surface area (TPSA) is 40.5 Å². The van der Waals surface area contributed by atoms with Crippen LogP contribution in [-0.4, -0.2) is 35.1 Å². The number of benzene rings is 1. The standard InChI is InChI=1S/C13H16INO2/c14-11-3-1-2-10(8-11)9-13(17)15-6-4-12(16)5-7-15/h1-3,8,12,16H,4-7,9H2. The van der Waals surface area contributed by atoms with Gasteiger partial charge in [-0.25, -0.2) is 0 Å². The van der Waals surface area contributed by atoms with Crippen molar-refractivity contribution in [2.45, 2.75) is 25.4 Å². The summed E-state index contributed by atoms with van der Waals surface area (Å²) in [5, 5.41) is 9.40. The molecule has 1 aliphatic heterocycles. The van der Waals surface area contributed by atoms with Crippen LogP contribution in [-0.2, 0) is 11.2 Å². The molecule has 1 saturated heterocycles. The number of amides is 1. The Morgan fingerprint density at radius 2 is 2.12 bits per heavy atom. The zero-order valence-electron chi connectivity index (χ0n) is 9.60. The molecule has 1 N–H and O–H groups in total. The molecule has 0 aromatic heterocycles. The molecule has 4 heteroatoms. The molecule has 92 valence electrons. The van der Waals surface area contributed by atoms with Gasteiger partial charge in [-0.1, -0.05) is 12.1 Å². The number of likely N-dealkylation sites (tertiary alicyclic amines) is 1. The van der Waals surface area contributed by atoms with Crippen molar-refractivity contribution in [2.24, 2.45) is 0 Å². The van der Waals surface area contributed by atoms with Crippen LogP contribution in [0.5, 0.6) is 0 Å². The normalized spacial score (nSPS) is 17.2. The summed E-state index contributed by atoms with van der Waals surface area (Å²) in [6.07, 6.45) is 1.65. The fraction of sp³-hybridized carbons (Fsp3) is 0.462. The third-order valence-electron chi connectivity index (χ3n) is 3.06. The van der Waals surface area contributed by atoms with Gasteiger partial charge in [0.25, 0.3) is 0 Å². The van der Waals surface area contributed by atoms with Crippen molar-refractivity contribution in [2.75, 3.05) is 13.1 Å². The van der Waals surface area contributed by atoms with Gasteiger partial charge < -0.3 is 10.0 Å². The summed E-state index contributed by atoms with van der Waals surface area (Å²) >= 11 is 2.25. The fourth-order valence-electron chi connectivity index (χ4n) is 2.05. The van der Waals surface area contributed by atoms with Crippen LogP contribution < -0.4 is 0 Å². The van der Waals surface area contributed by atoms with E-state index in [0.29, 0.717) is 32.4 Å². The van der Waals surface area contributed by atoms with Crippen molar-refractivity contribution < 1.29 is 9.90 Å².